The standard InChI is InChI=1S/C11H12N2O2/c1-13-7-9(6-12-13)8-3-4-10(14)11(5-8)15-2/h3-7,14H,1-2H3. The summed E-state index contributed by atoms with van der Waals surface area (Å²) in [6.45, 7) is 0. The Balaban J connectivity index is 2.45. The van der Waals surface area contributed by atoms with Crippen molar-refractivity contribution in [2.45, 2.75) is 0 Å². The molecular formula is C11H12N2O2. The molecule has 0 atom stereocenters. The van der Waals surface area contributed by atoms with Crippen LogP contribution in [0, 0.1) is 0 Å². The number of phenols is 1. The maximum atomic E-state index is 9.44. The summed E-state index contributed by atoms with van der Waals surface area (Å²) in [5.41, 5.74) is 1.97. The Labute approximate surface area is 87.7 Å². The van der Waals surface area contributed by atoms with Crippen molar-refractivity contribution >= 4 is 0 Å². The number of rotatable bonds is 2. The molecule has 4 heteroatoms. The van der Waals surface area contributed by atoms with Crippen LogP contribution in [0.5, 0.6) is 11.5 Å². The summed E-state index contributed by atoms with van der Waals surface area (Å²) in [4.78, 5) is 0. The van der Waals surface area contributed by atoms with Gasteiger partial charge in [-0.3, -0.25) is 4.68 Å². The quantitative estimate of drug-likeness (QED) is 0.811. The Bertz CT molecular complexity index is 477. The average molecular weight is 204 g/mol. The number of aromatic nitrogens is 2. The van der Waals surface area contributed by atoms with E-state index in [1.807, 2.05) is 19.3 Å². The van der Waals surface area contributed by atoms with Gasteiger partial charge in [-0.05, 0) is 17.7 Å². The Kier molecular flexibility index (Phi) is 2.33. The number of hydrogen-bond donors (Lipinski definition) is 1. The van der Waals surface area contributed by atoms with Gasteiger partial charge in [0.1, 0.15) is 0 Å². The molecule has 2 rings (SSSR count). The summed E-state index contributed by atoms with van der Waals surface area (Å²) in [5, 5.41) is 13.5. The smallest absolute Gasteiger partial charge is 0.161 e. The lowest BCUT2D eigenvalue weighted by Crippen LogP contribution is -1.85. The van der Waals surface area contributed by atoms with Gasteiger partial charge >= 0.3 is 0 Å². The first-order chi connectivity index (χ1) is 7.20. The van der Waals surface area contributed by atoms with Gasteiger partial charge in [0.25, 0.3) is 0 Å². The molecule has 0 aliphatic carbocycles. The number of phenolic OH excluding ortho intramolecular Hbond substituents is 1. The lowest BCUT2D eigenvalue weighted by atomic mass is 10.1. The molecule has 0 fully saturated rings. The highest BCUT2D eigenvalue weighted by Crippen LogP contribution is 2.30. The lowest BCUT2D eigenvalue weighted by Gasteiger charge is -2.04. The number of aryl methyl sites for hydroxylation is 1. The van der Waals surface area contributed by atoms with Gasteiger partial charge in [0, 0.05) is 18.8 Å². The van der Waals surface area contributed by atoms with Gasteiger partial charge in [0.15, 0.2) is 11.5 Å². The average Bonchev–Trinajstić information content (AvgIpc) is 2.66. The van der Waals surface area contributed by atoms with Gasteiger partial charge < -0.3 is 9.84 Å². The zero-order valence-electron chi connectivity index (χ0n) is 8.64. The third-order valence-corrected chi connectivity index (χ3v) is 2.22. The normalized spacial score (nSPS) is 10.3. The highest BCUT2D eigenvalue weighted by atomic mass is 16.5. The minimum atomic E-state index is 0.144. The molecule has 1 heterocycles. The minimum absolute atomic E-state index is 0.144. The number of nitrogens with zero attached hydrogens (tertiary/aromatic N) is 2. The van der Waals surface area contributed by atoms with Crippen molar-refractivity contribution in [3.63, 3.8) is 0 Å². The third-order valence-electron chi connectivity index (χ3n) is 2.22. The Morgan fingerprint density at radius 3 is 2.73 bits per heavy atom. The van der Waals surface area contributed by atoms with Crippen molar-refractivity contribution in [3.8, 4) is 22.6 Å². The molecule has 0 bridgehead atoms. The number of benzene rings is 1. The van der Waals surface area contributed by atoms with Crippen LogP contribution in [0.25, 0.3) is 11.1 Å². The fourth-order valence-corrected chi connectivity index (χ4v) is 1.43. The summed E-state index contributed by atoms with van der Waals surface area (Å²) >= 11 is 0. The van der Waals surface area contributed by atoms with Crippen molar-refractivity contribution in [3.05, 3.63) is 30.6 Å². The number of aromatic hydroxyl groups is 1. The zero-order chi connectivity index (χ0) is 10.8. The summed E-state index contributed by atoms with van der Waals surface area (Å²) in [5.74, 6) is 0.612. The van der Waals surface area contributed by atoms with Crippen molar-refractivity contribution in [1.82, 2.24) is 9.78 Å². The SMILES string of the molecule is COc1cc(-c2cnn(C)c2)ccc1O. The number of methoxy groups -OCH3 is 1. The van der Waals surface area contributed by atoms with E-state index in [0.29, 0.717) is 5.75 Å². The van der Waals surface area contributed by atoms with Crippen LogP contribution < -0.4 is 4.74 Å². The molecule has 1 aromatic carbocycles. The van der Waals surface area contributed by atoms with E-state index >= 15 is 0 Å². The van der Waals surface area contributed by atoms with Gasteiger partial charge in [-0.1, -0.05) is 6.07 Å². The van der Waals surface area contributed by atoms with E-state index in [2.05, 4.69) is 5.10 Å². The van der Waals surface area contributed by atoms with E-state index in [0.717, 1.165) is 11.1 Å². The van der Waals surface area contributed by atoms with Crippen molar-refractivity contribution < 1.29 is 9.84 Å². The van der Waals surface area contributed by atoms with Crippen LogP contribution >= 0.6 is 0 Å². The fourth-order valence-electron chi connectivity index (χ4n) is 1.43. The second-order valence-corrected chi connectivity index (χ2v) is 3.29. The zero-order valence-corrected chi connectivity index (χ0v) is 8.64. The number of hydrogen-bond acceptors (Lipinski definition) is 3. The molecule has 15 heavy (non-hydrogen) atoms. The number of ether oxygens (including phenoxy) is 1. The first-order valence-electron chi connectivity index (χ1n) is 4.56. The first-order valence-corrected chi connectivity index (χ1v) is 4.56. The van der Waals surface area contributed by atoms with Gasteiger partial charge in [-0.15, -0.1) is 0 Å². The molecule has 0 aliphatic heterocycles. The summed E-state index contributed by atoms with van der Waals surface area (Å²) in [6.07, 6.45) is 3.68. The highest BCUT2D eigenvalue weighted by Gasteiger charge is 2.05. The van der Waals surface area contributed by atoms with Crippen LogP contribution in [0.1, 0.15) is 0 Å². The van der Waals surface area contributed by atoms with E-state index in [1.54, 1.807) is 23.0 Å². The third kappa shape index (κ3) is 1.79. The molecule has 78 valence electrons. The lowest BCUT2D eigenvalue weighted by molar-refractivity contribution is 0.373. The second-order valence-electron chi connectivity index (χ2n) is 3.29. The fraction of sp³-hybridized carbons (Fsp3) is 0.182. The highest BCUT2D eigenvalue weighted by molar-refractivity contribution is 5.65. The molecular weight excluding hydrogens is 192 g/mol. The maximum absolute atomic E-state index is 9.44. The monoisotopic (exact) mass is 204 g/mol. The van der Waals surface area contributed by atoms with Gasteiger partial charge in [0.05, 0.1) is 13.3 Å². The van der Waals surface area contributed by atoms with Crippen LogP contribution in [0.15, 0.2) is 30.6 Å². The maximum Gasteiger partial charge on any atom is 0.161 e. The van der Waals surface area contributed by atoms with Gasteiger partial charge in [-0.25, -0.2) is 0 Å². The first kappa shape index (κ1) is 9.58. The van der Waals surface area contributed by atoms with Crippen molar-refractivity contribution in [2.24, 2.45) is 7.05 Å². The van der Waals surface area contributed by atoms with E-state index in [1.165, 1.54) is 7.11 Å². The summed E-state index contributed by atoms with van der Waals surface area (Å²) < 4.78 is 6.77. The van der Waals surface area contributed by atoms with Gasteiger partial charge in [0.2, 0.25) is 0 Å². The molecule has 1 aromatic heterocycles. The largest absolute Gasteiger partial charge is 0.504 e. The topological polar surface area (TPSA) is 47.3 Å². The molecule has 0 saturated carbocycles. The molecule has 0 radical (unpaired) electrons. The minimum Gasteiger partial charge on any atom is -0.504 e. The van der Waals surface area contributed by atoms with Crippen molar-refractivity contribution in [2.75, 3.05) is 7.11 Å². The van der Waals surface area contributed by atoms with Crippen LogP contribution in [0.3, 0.4) is 0 Å². The van der Waals surface area contributed by atoms with E-state index in [-0.39, 0.29) is 5.75 Å². The molecule has 0 amide bonds. The predicted octanol–water partition coefficient (Wildman–Crippen LogP) is 1.80. The Hall–Kier alpha value is -1.97. The van der Waals surface area contributed by atoms with E-state index in [9.17, 15) is 5.11 Å². The molecule has 1 N–H and O–H groups in total. The Morgan fingerprint density at radius 2 is 2.13 bits per heavy atom. The van der Waals surface area contributed by atoms with E-state index in [4.69, 9.17) is 4.74 Å². The molecule has 0 saturated heterocycles. The second kappa shape index (κ2) is 3.65. The summed E-state index contributed by atoms with van der Waals surface area (Å²) in [7, 11) is 3.39. The van der Waals surface area contributed by atoms with Crippen LogP contribution in [-0.4, -0.2) is 22.0 Å². The van der Waals surface area contributed by atoms with Crippen LogP contribution in [0.2, 0.25) is 0 Å². The van der Waals surface area contributed by atoms with Crippen LogP contribution in [-0.2, 0) is 7.05 Å². The molecule has 0 aliphatic rings. The molecule has 0 spiro atoms. The predicted molar refractivity (Wildman–Crippen MR) is 56.9 cm³/mol. The van der Waals surface area contributed by atoms with E-state index < -0.39 is 0 Å². The molecule has 4 nitrogen and oxygen atoms in total. The summed E-state index contributed by atoms with van der Waals surface area (Å²) in [6, 6.07) is 5.22. The molecule has 2 aromatic rings. The van der Waals surface area contributed by atoms with Gasteiger partial charge in [-0.2, -0.15) is 5.10 Å². The van der Waals surface area contributed by atoms with Crippen LogP contribution in [0.4, 0.5) is 0 Å². The molecule has 0 unspecified atom stereocenters. The Morgan fingerprint density at radius 1 is 1.33 bits per heavy atom. The van der Waals surface area contributed by atoms with Crippen molar-refractivity contribution in [1.29, 1.82) is 0 Å².